The van der Waals surface area contributed by atoms with E-state index in [1.165, 1.54) is 23.3 Å². The molecule has 0 spiro atoms. The molecule has 2 aromatic carbocycles. The first-order chi connectivity index (χ1) is 24.0. The van der Waals surface area contributed by atoms with Gasteiger partial charge in [-0.2, -0.15) is 0 Å². The van der Waals surface area contributed by atoms with Gasteiger partial charge in [0.1, 0.15) is 17.8 Å². The number of hydrogen-bond donors (Lipinski definition) is 5. The van der Waals surface area contributed by atoms with E-state index < -0.39 is 59.2 Å². The minimum absolute atomic E-state index is 0.0251. The number of carbonyl (C=O) groups excluding carboxylic acids is 4. The van der Waals surface area contributed by atoms with Gasteiger partial charge in [0.25, 0.3) is 17.2 Å². The van der Waals surface area contributed by atoms with Crippen molar-refractivity contribution in [2.24, 2.45) is 0 Å². The molecule has 1 aromatic heterocycles. The van der Waals surface area contributed by atoms with Gasteiger partial charge in [-0.1, -0.05) is 41.9 Å². The fourth-order valence-electron chi connectivity index (χ4n) is 5.67. The molecule has 5 N–H and O–H groups in total. The minimum atomic E-state index is -2.47. The van der Waals surface area contributed by atoms with E-state index in [0.717, 1.165) is 5.56 Å². The van der Waals surface area contributed by atoms with Crippen molar-refractivity contribution in [1.82, 2.24) is 15.5 Å². The van der Waals surface area contributed by atoms with Gasteiger partial charge in [-0.3, -0.25) is 29.0 Å². The normalized spacial score (nSPS) is 17.3. The van der Waals surface area contributed by atoms with E-state index in [-0.39, 0.29) is 49.0 Å². The fourth-order valence-corrected chi connectivity index (χ4v) is 6.30. The number of ether oxygens (including phenoxy) is 2. The van der Waals surface area contributed by atoms with Crippen molar-refractivity contribution in [3.63, 3.8) is 0 Å². The van der Waals surface area contributed by atoms with Crippen molar-refractivity contribution >= 4 is 58.0 Å². The maximum atomic E-state index is 13.9. The molecule has 1 fully saturated rings. The Labute approximate surface area is 298 Å². The summed E-state index contributed by atoms with van der Waals surface area (Å²) < 4.78 is 39.1. The van der Waals surface area contributed by atoms with E-state index in [1.807, 2.05) is 30.3 Å². The van der Waals surface area contributed by atoms with Gasteiger partial charge in [0.05, 0.1) is 48.3 Å². The number of carbonyl (C=O) groups is 4. The van der Waals surface area contributed by atoms with Crippen LogP contribution in [0, 0.1) is 0 Å². The first-order valence-corrected chi connectivity index (χ1v) is 17.7. The maximum absolute atomic E-state index is 13.9. The van der Waals surface area contributed by atoms with E-state index in [4.69, 9.17) is 25.5 Å². The number of likely N-dealkylation sites (tertiary alicyclic amines) is 1. The van der Waals surface area contributed by atoms with Crippen molar-refractivity contribution in [3.05, 3.63) is 82.8 Å². The van der Waals surface area contributed by atoms with Crippen LogP contribution in [0.1, 0.15) is 55.3 Å². The van der Waals surface area contributed by atoms with Gasteiger partial charge < -0.3 is 29.4 Å². The number of anilines is 2. The summed E-state index contributed by atoms with van der Waals surface area (Å²) in [7, 11) is 0. The second kappa shape index (κ2) is 18.5. The van der Waals surface area contributed by atoms with Crippen LogP contribution in [0.2, 0.25) is 5.02 Å². The number of rotatable bonds is 17. The Morgan fingerprint density at radius 2 is 1.80 bits per heavy atom. The predicted molar refractivity (Wildman–Crippen MR) is 188 cm³/mol. The fraction of sp³-hybridized carbons (Fsp3) is 0.412. The predicted octanol–water partition coefficient (Wildman–Crippen LogP) is 3.90. The quantitative estimate of drug-likeness (QED) is 0.100. The summed E-state index contributed by atoms with van der Waals surface area (Å²) in [5.74, 6) is -1.58. The third kappa shape index (κ3) is 10.5. The SMILES string of the molecule is CCOC(=O)[C@H](CCc1ccccc1)NC(C)C(=O)N1CC(NC(=O)c2cc(NS(=O)O)c(Cl)cc2NCc2ccco2)C[C@H]1C(=O)OCC. The third-order valence-electron chi connectivity index (χ3n) is 8.02. The Kier molecular flexibility index (Phi) is 14.2. The van der Waals surface area contributed by atoms with Gasteiger partial charge in [0, 0.05) is 24.7 Å². The van der Waals surface area contributed by atoms with Gasteiger partial charge >= 0.3 is 11.9 Å². The van der Waals surface area contributed by atoms with Crippen LogP contribution in [-0.2, 0) is 48.1 Å². The van der Waals surface area contributed by atoms with Gasteiger partial charge in [-0.05, 0) is 63.4 Å². The zero-order valence-electron chi connectivity index (χ0n) is 28.0. The van der Waals surface area contributed by atoms with Crippen LogP contribution >= 0.6 is 11.6 Å². The molecule has 5 atom stereocenters. The lowest BCUT2D eigenvalue weighted by molar-refractivity contribution is -0.154. The molecule has 14 nitrogen and oxygen atoms in total. The molecule has 4 rings (SSSR count). The first kappa shape index (κ1) is 38.4. The number of amides is 2. The van der Waals surface area contributed by atoms with E-state index in [0.29, 0.717) is 24.3 Å². The number of esters is 2. The van der Waals surface area contributed by atoms with Crippen LogP contribution in [-0.4, -0.2) is 81.3 Å². The third-order valence-corrected chi connectivity index (χ3v) is 8.72. The lowest BCUT2D eigenvalue weighted by atomic mass is 10.0. The molecule has 2 amide bonds. The Bertz CT molecular complexity index is 1640. The summed E-state index contributed by atoms with van der Waals surface area (Å²) in [5.41, 5.74) is 1.45. The van der Waals surface area contributed by atoms with Crippen LogP contribution in [0.4, 0.5) is 11.4 Å². The Hall–Kier alpha value is -4.44. The summed E-state index contributed by atoms with van der Waals surface area (Å²) in [5, 5.41) is 9.16. The van der Waals surface area contributed by atoms with Crippen LogP contribution < -0.4 is 20.7 Å². The molecular formula is C34H42ClN5O9S. The van der Waals surface area contributed by atoms with Crippen molar-refractivity contribution in [1.29, 1.82) is 0 Å². The molecule has 3 aromatic rings. The van der Waals surface area contributed by atoms with Crippen LogP contribution in [0.5, 0.6) is 0 Å². The monoisotopic (exact) mass is 731 g/mol. The summed E-state index contributed by atoms with van der Waals surface area (Å²) in [6.45, 7) is 5.41. The highest BCUT2D eigenvalue weighted by molar-refractivity contribution is 7.80. The Morgan fingerprint density at radius 1 is 1.06 bits per heavy atom. The van der Waals surface area contributed by atoms with Crippen molar-refractivity contribution < 1.29 is 41.8 Å². The molecule has 50 heavy (non-hydrogen) atoms. The molecule has 1 aliphatic rings. The molecule has 0 bridgehead atoms. The highest BCUT2D eigenvalue weighted by Crippen LogP contribution is 2.31. The average molecular weight is 732 g/mol. The van der Waals surface area contributed by atoms with Crippen LogP contribution in [0.15, 0.2) is 65.3 Å². The zero-order valence-corrected chi connectivity index (χ0v) is 29.6. The molecule has 1 aliphatic heterocycles. The lowest BCUT2D eigenvalue weighted by Crippen LogP contribution is -2.53. The topological polar surface area (TPSA) is 189 Å². The molecule has 0 radical (unpaired) electrons. The second-order valence-corrected chi connectivity index (χ2v) is 12.7. The minimum Gasteiger partial charge on any atom is -0.467 e. The Balaban J connectivity index is 1.52. The number of nitrogens with one attached hydrogen (secondary N) is 4. The molecule has 1 saturated heterocycles. The standard InChI is InChI=1S/C34H42ClN5O9S/c1-4-47-33(43)27(14-13-22-10-7-6-8-11-22)37-21(3)32(42)40-20-23(16-30(40)34(44)48-5-2)38-31(41)25-17-29(39-50(45)46)26(35)18-28(25)36-19-24-12-9-15-49-24/h6-12,15,17-18,21,23,27,30,36-37,39H,4-5,13-14,16,19-20H2,1-3H3,(H,38,41)(H,45,46)/t21?,23?,27-,30-/m0/s1. The molecule has 270 valence electrons. The number of furan rings is 1. The lowest BCUT2D eigenvalue weighted by Gasteiger charge is -2.28. The highest BCUT2D eigenvalue weighted by Gasteiger charge is 2.43. The van der Waals surface area contributed by atoms with Gasteiger partial charge in [0.2, 0.25) is 5.91 Å². The molecular weight excluding hydrogens is 690 g/mol. The summed E-state index contributed by atoms with van der Waals surface area (Å²) in [4.78, 5) is 54.9. The first-order valence-electron chi connectivity index (χ1n) is 16.2. The number of nitrogens with zero attached hydrogens (tertiary/aromatic N) is 1. The van der Waals surface area contributed by atoms with E-state index in [2.05, 4.69) is 20.7 Å². The van der Waals surface area contributed by atoms with Gasteiger partial charge in [-0.25, -0.2) is 9.00 Å². The van der Waals surface area contributed by atoms with Crippen LogP contribution in [0.3, 0.4) is 0 Å². The van der Waals surface area contributed by atoms with E-state index in [1.54, 1.807) is 32.9 Å². The zero-order chi connectivity index (χ0) is 36.2. The van der Waals surface area contributed by atoms with Gasteiger partial charge in [0.15, 0.2) is 0 Å². The molecule has 2 heterocycles. The molecule has 0 saturated carbocycles. The molecule has 3 unspecified atom stereocenters. The summed E-state index contributed by atoms with van der Waals surface area (Å²) in [6.07, 6.45) is 2.51. The maximum Gasteiger partial charge on any atom is 0.328 e. The van der Waals surface area contributed by atoms with E-state index >= 15 is 0 Å². The summed E-state index contributed by atoms with van der Waals surface area (Å²) >= 11 is 3.87. The molecule has 16 heteroatoms. The van der Waals surface area contributed by atoms with Crippen molar-refractivity contribution in [2.75, 3.05) is 29.8 Å². The smallest absolute Gasteiger partial charge is 0.328 e. The van der Waals surface area contributed by atoms with Crippen LogP contribution in [0.25, 0.3) is 0 Å². The Morgan fingerprint density at radius 3 is 2.46 bits per heavy atom. The molecule has 0 aliphatic carbocycles. The second-order valence-electron chi connectivity index (χ2n) is 11.5. The number of benzene rings is 2. The average Bonchev–Trinajstić information content (AvgIpc) is 3.77. The largest absolute Gasteiger partial charge is 0.467 e. The van der Waals surface area contributed by atoms with Gasteiger partial charge in [-0.15, -0.1) is 0 Å². The van der Waals surface area contributed by atoms with E-state index in [9.17, 15) is 27.9 Å². The summed E-state index contributed by atoms with van der Waals surface area (Å²) in [6, 6.07) is 12.5. The van der Waals surface area contributed by atoms with Crippen molar-refractivity contribution in [3.8, 4) is 0 Å². The number of halogens is 1. The van der Waals surface area contributed by atoms with Crippen molar-refractivity contribution in [2.45, 2.75) is 70.7 Å². The highest BCUT2D eigenvalue weighted by atomic mass is 35.5. The number of aryl methyl sites for hydroxylation is 1. The number of hydrogen-bond acceptors (Lipinski definition) is 10.